The van der Waals surface area contributed by atoms with E-state index in [4.69, 9.17) is 23.2 Å². The maximum Gasteiger partial charge on any atom is 0.308 e. The van der Waals surface area contributed by atoms with Gasteiger partial charge in [0.1, 0.15) is 0 Å². The highest BCUT2D eigenvalue weighted by molar-refractivity contribution is 6.33. The fraction of sp³-hybridized carbons (Fsp3) is 0.533. The Labute approximate surface area is 128 Å². The number of hydrogen-bond donors (Lipinski definition) is 1. The number of rotatable bonds is 3. The van der Waals surface area contributed by atoms with E-state index >= 15 is 0 Å². The molecule has 2 heterocycles. The fourth-order valence-corrected chi connectivity index (χ4v) is 4.35. The van der Waals surface area contributed by atoms with Crippen molar-refractivity contribution in [1.29, 1.82) is 0 Å². The zero-order valence-electron chi connectivity index (χ0n) is 11.2. The first-order chi connectivity index (χ1) is 9.49. The van der Waals surface area contributed by atoms with Gasteiger partial charge in [0.25, 0.3) is 0 Å². The van der Waals surface area contributed by atoms with Gasteiger partial charge in [0.05, 0.1) is 5.92 Å². The van der Waals surface area contributed by atoms with Gasteiger partial charge in [0.15, 0.2) is 0 Å². The molecule has 1 aromatic carbocycles. The van der Waals surface area contributed by atoms with Gasteiger partial charge in [-0.3, -0.25) is 9.69 Å². The first kappa shape index (κ1) is 14.2. The van der Waals surface area contributed by atoms with Crippen LogP contribution in [0.5, 0.6) is 0 Å². The Balaban J connectivity index is 1.90. The topological polar surface area (TPSA) is 40.5 Å². The van der Waals surface area contributed by atoms with Gasteiger partial charge in [-0.2, -0.15) is 0 Å². The number of carbonyl (C=O) groups is 1. The molecule has 0 amide bonds. The molecule has 2 saturated heterocycles. The van der Waals surface area contributed by atoms with E-state index in [0.29, 0.717) is 16.1 Å². The smallest absolute Gasteiger partial charge is 0.308 e. The van der Waals surface area contributed by atoms with Crippen LogP contribution in [0.25, 0.3) is 0 Å². The standard InChI is InChI=1S/C15H17Cl2NO2/c1-8(11-6-9(16)2-4-13(11)17)18-10-3-5-14(18)12(7-10)15(19)20/h2,4,6,8,10,12,14H,3,5,7H2,1H3,(H,19,20). The molecule has 20 heavy (non-hydrogen) atoms. The van der Waals surface area contributed by atoms with Gasteiger partial charge in [-0.25, -0.2) is 0 Å². The molecule has 2 aliphatic heterocycles. The predicted molar refractivity (Wildman–Crippen MR) is 79.3 cm³/mol. The number of halogens is 2. The molecule has 0 radical (unpaired) electrons. The van der Waals surface area contributed by atoms with E-state index in [9.17, 15) is 9.90 Å². The second-order valence-electron chi connectivity index (χ2n) is 5.77. The van der Waals surface area contributed by atoms with Gasteiger partial charge in [0, 0.05) is 28.2 Å². The van der Waals surface area contributed by atoms with E-state index in [1.807, 2.05) is 12.1 Å². The Hall–Kier alpha value is -0.770. The fourth-order valence-electron chi connectivity index (χ4n) is 3.90. The molecule has 5 heteroatoms. The minimum Gasteiger partial charge on any atom is -0.481 e. The van der Waals surface area contributed by atoms with E-state index in [-0.39, 0.29) is 18.0 Å². The van der Waals surface area contributed by atoms with Crippen molar-refractivity contribution in [3.63, 3.8) is 0 Å². The summed E-state index contributed by atoms with van der Waals surface area (Å²) in [5.74, 6) is -0.916. The van der Waals surface area contributed by atoms with Crippen molar-refractivity contribution in [1.82, 2.24) is 4.90 Å². The van der Waals surface area contributed by atoms with Crippen LogP contribution in [-0.4, -0.2) is 28.1 Å². The average Bonchev–Trinajstić information content (AvgIpc) is 2.98. The third kappa shape index (κ3) is 2.22. The lowest BCUT2D eigenvalue weighted by Crippen LogP contribution is -2.35. The molecule has 2 bridgehead atoms. The second-order valence-corrected chi connectivity index (χ2v) is 6.61. The molecule has 0 aliphatic carbocycles. The van der Waals surface area contributed by atoms with Gasteiger partial charge in [-0.15, -0.1) is 0 Å². The highest BCUT2D eigenvalue weighted by atomic mass is 35.5. The lowest BCUT2D eigenvalue weighted by Gasteiger charge is -2.30. The van der Waals surface area contributed by atoms with Crippen LogP contribution < -0.4 is 0 Å². The zero-order chi connectivity index (χ0) is 14.4. The van der Waals surface area contributed by atoms with Crippen molar-refractivity contribution >= 4 is 29.2 Å². The Morgan fingerprint density at radius 2 is 2.15 bits per heavy atom. The normalized spacial score (nSPS) is 30.6. The maximum absolute atomic E-state index is 11.3. The van der Waals surface area contributed by atoms with Crippen LogP contribution in [0.2, 0.25) is 10.0 Å². The van der Waals surface area contributed by atoms with E-state index in [0.717, 1.165) is 24.8 Å². The predicted octanol–water partition coefficient (Wildman–Crippen LogP) is 3.99. The monoisotopic (exact) mass is 313 g/mol. The Morgan fingerprint density at radius 3 is 2.80 bits per heavy atom. The summed E-state index contributed by atoms with van der Waals surface area (Å²) in [6.07, 6.45) is 2.80. The Bertz CT molecular complexity index is 549. The molecule has 1 N–H and O–H groups in total. The van der Waals surface area contributed by atoms with Gasteiger partial charge >= 0.3 is 5.97 Å². The molecular weight excluding hydrogens is 297 g/mol. The van der Waals surface area contributed by atoms with Crippen LogP contribution >= 0.6 is 23.2 Å². The van der Waals surface area contributed by atoms with Gasteiger partial charge in [0.2, 0.25) is 0 Å². The Kier molecular flexibility index (Phi) is 3.69. The highest BCUT2D eigenvalue weighted by Crippen LogP contribution is 2.47. The molecular formula is C15H17Cl2NO2. The second kappa shape index (κ2) is 5.21. The summed E-state index contributed by atoms with van der Waals surface area (Å²) >= 11 is 12.3. The van der Waals surface area contributed by atoms with Crippen LogP contribution in [0.3, 0.4) is 0 Å². The van der Waals surface area contributed by atoms with Crippen LogP contribution in [-0.2, 0) is 4.79 Å². The molecule has 4 atom stereocenters. The summed E-state index contributed by atoms with van der Waals surface area (Å²) < 4.78 is 0. The van der Waals surface area contributed by atoms with Crippen LogP contribution in [0.1, 0.15) is 37.8 Å². The SMILES string of the molecule is CC(c1cc(Cl)ccc1Cl)N1C2CCC1C(C(=O)O)C2. The van der Waals surface area contributed by atoms with E-state index in [2.05, 4.69) is 11.8 Å². The van der Waals surface area contributed by atoms with Crippen molar-refractivity contribution in [3.8, 4) is 0 Å². The first-order valence-corrected chi connectivity index (χ1v) is 7.70. The maximum atomic E-state index is 11.3. The van der Waals surface area contributed by atoms with E-state index in [1.54, 1.807) is 6.07 Å². The summed E-state index contributed by atoms with van der Waals surface area (Å²) in [6, 6.07) is 6.06. The minimum atomic E-state index is -0.674. The van der Waals surface area contributed by atoms with E-state index in [1.165, 1.54) is 0 Å². The van der Waals surface area contributed by atoms with Crippen LogP contribution in [0.4, 0.5) is 0 Å². The third-order valence-corrected chi connectivity index (χ3v) is 5.34. The first-order valence-electron chi connectivity index (χ1n) is 6.94. The number of aliphatic carboxylic acids is 1. The highest BCUT2D eigenvalue weighted by Gasteiger charge is 2.51. The summed E-state index contributed by atoms with van der Waals surface area (Å²) in [5.41, 5.74) is 0.988. The molecule has 3 rings (SSSR count). The molecule has 3 nitrogen and oxygen atoms in total. The number of carboxylic acid groups (broad SMARTS) is 1. The lowest BCUT2D eigenvalue weighted by atomic mass is 9.89. The zero-order valence-corrected chi connectivity index (χ0v) is 12.7. The third-order valence-electron chi connectivity index (χ3n) is 4.76. The van der Waals surface area contributed by atoms with Crippen molar-refractivity contribution < 1.29 is 9.90 Å². The summed E-state index contributed by atoms with van der Waals surface area (Å²) in [4.78, 5) is 13.7. The number of hydrogen-bond acceptors (Lipinski definition) is 2. The molecule has 0 saturated carbocycles. The van der Waals surface area contributed by atoms with Gasteiger partial charge < -0.3 is 5.11 Å². The Morgan fingerprint density at radius 1 is 1.40 bits per heavy atom. The van der Waals surface area contributed by atoms with Crippen molar-refractivity contribution in [3.05, 3.63) is 33.8 Å². The number of carboxylic acids is 1. The summed E-state index contributed by atoms with van der Waals surface area (Å²) in [7, 11) is 0. The molecule has 0 spiro atoms. The molecule has 1 aromatic rings. The van der Waals surface area contributed by atoms with Crippen molar-refractivity contribution in [2.45, 2.75) is 44.3 Å². The average molecular weight is 314 g/mol. The van der Waals surface area contributed by atoms with E-state index < -0.39 is 5.97 Å². The molecule has 108 valence electrons. The van der Waals surface area contributed by atoms with Crippen LogP contribution in [0.15, 0.2) is 18.2 Å². The summed E-state index contributed by atoms with van der Waals surface area (Å²) in [6.45, 7) is 2.09. The number of fused-ring (bicyclic) bond motifs is 2. The van der Waals surface area contributed by atoms with Gasteiger partial charge in [-0.05, 0) is 49.9 Å². The number of benzene rings is 1. The lowest BCUT2D eigenvalue weighted by molar-refractivity contribution is -0.142. The quantitative estimate of drug-likeness (QED) is 0.917. The number of nitrogens with zero attached hydrogens (tertiary/aromatic N) is 1. The van der Waals surface area contributed by atoms with Crippen molar-refractivity contribution in [2.75, 3.05) is 0 Å². The van der Waals surface area contributed by atoms with Crippen molar-refractivity contribution in [2.24, 2.45) is 5.92 Å². The van der Waals surface area contributed by atoms with Gasteiger partial charge in [-0.1, -0.05) is 23.2 Å². The molecule has 2 aliphatic rings. The minimum absolute atomic E-state index is 0.100. The molecule has 4 unspecified atom stereocenters. The largest absolute Gasteiger partial charge is 0.481 e. The summed E-state index contributed by atoms with van der Waals surface area (Å²) in [5, 5.41) is 10.7. The van der Waals surface area contributed by atoms with Crippen LogP contribution in [0, 0.1) is 5.92 Å². The molecule has 0 aromatic heterocycles. The molecule has 2 fully saturated rings.